The van der Waals surface area contributed by atoms with Crippen molar-refractivity contribution in [2.45, 2.75) is 20.2 Å². The van der Waals surface area contributed by atoms with Gasteiger partial charge >= 0.3 is 147 Å². The van der Waals surface area contributed by atoms with Crippen LogP contribution in [0.1, 0.15) is 27.6 Å². The summed E-state index contributed by atoms with van der Waals surface area (Å²) in [4.78, 5) is 0. The molecule has 0 amide bonds. The molecule has 1 aromatic rings. The summed E-state index contributed by atoms with van der Waals surface area (Å²) < 4.78 is 1.93. The molecule has 0 saturated heterocycles. The van der Waals surface area contributed by atoms with Crippen LogP contribution in [-0.4, -0.2) is 13.3 Å². The first-order chi connectivity index (χ1) is 10.7. The second-order valence-electron chi connectivity index (χ2n) is 6.89. The summed E-state index contributed by atoms with van der Waals surface area (Å²) >= 11 is -0.733. The van der Waals surface area contributed by atoms with E-state index in [0.717, 1.165) is 19.2 Å². The van der Waals surface area contributed by atoms with Crippen LogP contribution in [0, 0.1) is 11.8 Å². The zero-order valence-electron chi connectivity index (χ0n) is 14.1. The molecular weight excluding hydrogens is 521 g/mol. The average Bonchev–Trinajstić information content (AvgIpc) is 3.10. The number of rotatable bonds is 3. The van der Waals surface area contributed by atoms with Crippen molar-refractivity contribution in [3.63, 3.8) is 0 Å². The van der Waals surface area contributed by atoms with Gasteiger partial charge in [0.25, 0.3) is 0 Å². The molecule has 3 aliphatic rings. The smallest absolute Gasteiger partial charge is 1.00 e. The van der Waals surface area contributed by atoms with Gasteiger partial charge in [0.1, 0.15) is 0 Å². The maximum Gasteiger partial charge on any atom is -1.00 e. The Labute approximate surface area is 171 Å². The zero-order chi connectivity index (χ0) is 15.1. The van der Waals surface area contributed by atoms with Crippen molar-refractivity contribution in [2.75, 3.05) is 13.3 Å². The van der Waals surface area contributed by atoms with Gasteiger partial charge in [0.05, 0.1) is 0 Å². The Morgan fingerprint density at radius 3 is 2.54 bits per heavy atom. The van der Waals surface area contributed by atoms with Gasteiger partial charge in [-0.15, -0.1) is 0 Å². The zero-order valence-corrected chi connectivity index (χ0v) is 20.1. The SMILES string of the molecule is CP(C)C1=Cc2ccccc2[CH]1[Hf+2][CH]1CCC2C=CC=CC21.[Cl-].[Cl-]. The minimum absolute atomic E-state index is 0. The average molecular weight is 544 g/mol. The molecule has 0 nitrogen and oxygen atoms in total. The van der Waals surface area contributed by atoms with Crippen LogP contribution in [0.2, 0.25) is 3.67 Å². The van der Waals surface area contributed by atoms with Gasteiger partial charge in [0.15, 0.2) is 0 Å². The van der Waals surface area contributed by atoms with E-state index < -0.39 is 22.9 Å². The summed E-state index contributed by atoms with van der Waals surface area (Å²) in [6.45, 7) is 4.90. The van der Waals surface area contributed by atoms with Crippen LogP contribution in [0.15, 0.2) is 53.9 Å². The van der Waals surface area contributed by atoms with E-state index in [1.807, 2.05) is 0 Å². The van der Waals surface area contributed by atoms with Crippen LogP contribution in [0.3, 0.4) is 0 Å². The van der Waals surface area contributed by atoms with Gasteiger partial charge in [-0.2, -0.15) is 0 Å². The first-order valence-electron chi connectivity index (χ1n) is 8.33. The second kappa shape index (κ2) is 8.81. The van der Waals surface area contributed by atoms with E-state index >= 15 is 0 Å². The minimum Gasteiger partial charge on any atom is -1.00 e. The van der Waals surface area contributed by atoms with Gasteiger partial charge in [0, 0.05) is 0 Å². The molecule has 0 spiro atoms. The summed E-state index contributed by atoms with van der Waals surface area (Å²) in [7, 11) is 0.0510. The first kappa shape index (κ1) is 20.6. The topological polar surface area (TPSA) is 0 Å². The Morgan fingerprint density at radius 2 is 1.75 bits per heavy atom. The molecule has 4 atom stereocenters. The molecule has 24 heavy (non-hydrogen) atoms. The summed E-state index contributed by atoms with van der Waals surface area (Å²) in [5, 5.41) is 1.80. The molecule has 0 N–H and O–H groups in total. The van der Waals surface area contributed by atoms with E-state index in [2.05, 4.69) is 68.0 Å². The first-order valence-corrected chi connectivity index (χ1v) is 14.7. The van der Waals surface area contributed by atoms with Crippen molar-refractivity contribution in [3.05, 3.63) is 65.0 Å². The molecule has 0 aliphatic heterocycles. The van der Waals surface area contributed by atoms with E-state index in [1.54, 1.807) is 10.9 Å². The quantitative estimate of drug-likeness (QED) is 0.368. The molecule has 0 bridgehead atoms. The minimum atomic E-state index is -0.733. The molecule has 0 heterocycles. The number of benzene rings is 1. The van der Waals surface area contributed by atoms with Crippen LogP contribution < -0.4 is 24.8 Å². The van der Waals surface area contributed by atoms with Crippen molar-refractivity contribution >= 4 is 14.0 Å². The Balaban J connectivity index is 0.00000104. The molecular formula is C20H23Cl2HfP. The maximum absolute atomic E-state index is 2.54. The maximum atomic E-state index is 2.54. The Morgan fingerprint density at radius 1 is 1.00 bits per heavy atom. The molecule has 0 aromatic heterocycles. The number of fused-ring (bicyclic) bond motifs is 2. The number of hydrogen-bond acceptors (Lipinski definition) is 0. The number of hydrogen-bond donors (Lipinski definition) is 0. The Hall–Kier alpha value is 0.320. The molecule has 126 valence electrons. The summed E-state index contributed by atoms with van der Waals surface area (Å²) in [5.74, 6) is 1.73. The summed E-state index contributed by atoms with van der Waals surface area (Å²) in [5.41, 5.74) is 3.20. The van der Waals surface area contributed by atoms with E-state index in [4.69, 9.17) is 0 Å². The van der Waals surface area contributed by atoms with E-state index in [9.17, 15) is 0 Å². The largest absolute Gasteiger partial charge is 1.00 e. The van der Waals surface area contributed by atoms with Crippen LogP contribution in [0.25, 0.3) is 6.08 Å². The van der Waals surface area contributed by atoms with Crippen molar-refractivity contribution in [3.8, 4) is 0 Å². The Kier molecular flexibility index (Phi) is 7.57. The van der Waals surface area contributed by atoms with E-state index in [-0.39, 0.29) is 32.7 Å². The monoisotopic (exact) mass is 544 g/mol. The summed E-state index contributed by atoms with van der Waals surface area (Å²) in [6, 6.07) is 9.20. The van der Waals surface area contributed by atoms with Crippen LogP contribution in [0.4, 0.5) is 0 Å². The normalized spacial score (nSPS) is 29.2. The third-order valence-electron chi connectivity index (χ3n) is 5.38. The van der Waals surface area contributed by atoms with Gasteiger partial charge in [-0.05, 0) is 0 Å². The standard InChI is InChI=1S/C11H12P.C9H11.2ClH.Hf/c1-12(2)11-7-9-5-3-4-6-10(9)8-11;1-2-5-9-7-3-6-8(9)4-1;;;/h3-8H,1-2H3;1-2,4-6,8-9H,3,7H2;2*1H;/q;;;;+2/p-2. The molecule has 1 aromatic carbocycles. The van der Waals surface area contributed by atoms with Gasteiger partial charge in [-0.25, -0.2) is 0 Å². The van der Waals surface area contributed by atoms with Crippen molar-refractivity contribution in [2.24, 2.45) is 11.8 Å². The fourth-order valence-corrected chi connectivity index (χ4v) is 16.0. The Bertz CT molecular complexity index is 665. The second-order valence-corrected chi connectivity index (χ2v) is 15.1. The van der Waals surface area contributed by atoms with Crippen LogP contribution in [-0.2, 0) is 22.9 Å². The van der Waals surface area contributed by atoms with Crippen LogP contribution >= 0.6 is 7.92 Å². The molecule has 3 aliphatic carbocycles. The third-order valence-corrected chi connectivity index (χ3v) is 15.1. The third kappa shape index (κ3) is 3.85. The molecule has 4 unspecified atom stereocenters. The summed E-state index contributed by atoms with van der Waals surface area (Å²) in [6.07, 6.45) is 15.0. The number of allylic oxidation sites excluding steroid dienone is 5. The predicted octanol–water partition coefficient (Wildman–Crippen LogP) is -0.145. The number of halogens is 2. The van der Waals surface area contributed by atoms with Gasteiger partial charge in [0.2, 0.25) is 0 Å². The fourth-order valence-electron chi connectivity index (χ4n) is 4.23. The van der Waals surface area contributed by atoms with Crippen molar-refractivity contribution in [1.29, 1.82) is 0 Å². The molecule has 1 fully saturated rings. The van der Waals surface area contributed by atoms with E-state index in [0.29, 0.717) is 0 Å². The molecule has 1 saturated carbocycles. The van der Waals surface area contributed by atoms with Gasteiger partial charge in [-0.1, -0.05) is 0 Å². The van der Waals surface area contributed by atoms with Crippen molar-refractivity contribution < 1.29 is 47.7 Å². The van der Waals surface area contributed by atoms with Crippen molar-refractivity contribution in [1.82, 2.24) is 0 Å². The molecule has 4 heteroatoms. The fraction of sp³-hybridized carbons (Fsp3) is 0.400. The van der Waals surface area contributed by atoms with Gasteiger partial charge in [-0.3, -0.25) is 0 Å². The molecule has 4 rings (SSSR count). The van der Waals surface area contributed by atoms with Gasteiger partial charge < -0.3 is 24.8 Å². The molecule has 0 radical (unpaired) electrons. The van der Waals surface area contributed by atoms with E-state index in [1.165, 1.54) is 18.4 Å². The predicted molar refractivity (Wildman–Crippen MR) is 94.2 cm³/mol. The van der Waals surface area contributed by atoms with Crippen LogP contribution in [0.5, 0.6) is 0 Å².